The van der Waals surface area contributed by atoms with Crippen LogP contribution in [-0.2, 0) is 11.5 Å². The molecule has 0 aliphatic heterocycles. The van der Waals surface area contributed by atoms with Crippen molar-refractivity contribution in [2.45, 2.75) is 11.5 Å². The Balaban J connectivity index is 1.54. The monoisotopic (exact) mass is 390 g/mol. The molecular weight excluding hydrogens is 376 g/mol. The fraction of sp³-hybridized carbons (Fsp3) is 0.111. The molecule has 0 aliphatic rings. The molecule has 0 radical (unpaired) electrons. The molecule has 0 aliphatic carbocycles. The first-order valence-corrected chi connectivity index (χ1v) is 11.0. The van der Waals surface area contributed by atoms with Crippen LogP contribution in [-0.4, -0.2) is 10.2 Å². The van der Waals surface area contributed by atoms with Crippen LogP contribution in [0.4, 0.5) is 0 Å². The zero-order valence-electron chi connectivity index (χ0n) is 12.6. The molecular formula is C18H14O2S4. The molecule has 3 aromatic rings. The summed E-state index contributed by atoms with van der Waals surface area (Å²) >= 11 is 5.84. The van der Waals surface area contributed by atoms with Crippen LogP contribution in [0.3, 0.4) is 0 Å². The molecule has 0 N–H and O–H groups in total. The maximum absolute atomic E-state index is 12.2. The lowest BCUT2D eigenvalue weighted by Gasteiger charge is -2.03. The molecule has 0 unspecified atom stereocenters. The summed E-state index contributed by atoms with van der Waals surface area (Å²) in [5, 5.41) is 8.18. The molecule has 0 fully saturated rings. The van der Waals surface area contributed by atoms with Crippen molar-refractivity contribution in [3.05, 3.63) is 80.2 Å². The average Bonchev–Trinajstić information content (AvgIpc) is 3.31. The molecule has 0 bridgehead atoms. The fourth-order valence-corrected chi connectivity index (χ4v) is 5.06. The van der Waals surface area contributed by atoms with Crippen LogP contribution < -0.4 is 0 Å². The average molecular weight is 391 g/mol. The standard InChI is InChI=1S/C18H14O2S4/c19-17(23-11-13-5-7-21-9-13)15-1-2-16(4-3-15)18(20)24-12-14-6-8-22-10-14/h1-10H,11-12H2. The number of thioether (sulfide) groups is 2. The first-order valence-electron chi connectivity index (χ1n) is 7.19. The van der Waals surface area contributed by atoms with E-state index in [1.807, 2.05) is 33.7 Å². The number of carbonyl (C=O) groups is 2. The van der Waals surface area contributed by atoms with Gasteiger partial charge in [-0.25, -0.2) is 0 Å². The van der Waals surface area contributed by atoms with E-state index in [2.05, 4.69) is 0 Å². The summed E-state index contributed by atoms with van der Waals surface area (Å²) in [4.78, 5) is 24.4. The summed E-state index contributed by atoms with van der Waals surface area (Å²) in [5.41, 5.74) is 3.59. The van der Waals surface area contributed by atoms with Crippen LogP contribution >= 0.6 is 46.2 Å². The Morgan fingerprint density at radius 1 is 0.708 bits per heavy atom. The van der Waals surface area contributed by atoms with Gasteiger partial charge in [0.15, 0.2) is 0 Å². The van der Waals surface area contributed by atoms with Gasteiger partial charge in [0.2, 0.25) is 10.2 Å². The Bertz CT molecular complexity index is 721. The highest BCUT2D eigenvalue weighted by Crippen LogP contribution is 2.22. The molecule has 3 rings (SSSR count). The number of hydrogen-bond donors (Lipinski definition) is 0. The van der Waals surface area contributed by atoms with Crippen molar-refractivity contribution >= 4 is 56.4 Å². The van der Waals surface area contributed by atoms with Crippen molar-refractivity contribution in [1.29, 1.82) is 0 Å². The molecule has 1 aromatic carbocycles. The van der Waals surface area contributed by atoms with Crippen LogP contribution in [0.5, 0.6) is 0 Å². The summed E-state index contributed by atoms with van der Waals surface area (Å²) in [7, 11) is 0. The predicted molar refractivity (Wildman–Crippen MR) is 106 cm³/mol. The van der Waals surface area contributed by atoms with Crippen molar-refractivity contribution in [2.24, 2.45) is 0 Å². The molecule has 0 saturated carbocycles. The highest BCUT2D eigenvalue weighted by Gasteiger charge is 2.11. The zero-order valence-corrected chi connectivity index (χ0v) is 15.9. The molecule has 0 spiro atoms. The Kier molecular flexibility index (Phi) is 6.31. The molecule has 24 heavy (non-hydrogen) atoms. The van der Waals surface area contributed by atoms with Gasteiger partial charge < -0.3 is 0 Å². The molecule has 2 heterocycles. The molecule has 2 nitrogen and oxygen atoms in total. The van der Waals surface area contributed by atoms with E-state index >= 15 is 0 Å². The largest absolute Gasteiger partial charge is 0.282 e. The maximum Gasteiger partial charge on any atom is 0.219 e. The van der Waals surface area contributed by atoms with Gasteiger partial charge in [0.25, 0.3) is 0 Å². The quantitative estimate of drug-likeness (QED) is 0.520. The first kappa shape index (κ1) is 17.5. The number of thiophene rings is 2. The second kappa shape index (κ2) is 8.67. The van der Waals surface area contributed by atoms with Crippen molar-refractivity contribution in [1.82, 2.24) is 0 Å². The fourth-order valence-electron chi connectivity index (χ4n) is 1.96. The van der Waals surface area contributed by atoms with Gasteiger partial charge in [-0.1, -0.05) is 23.5 Å². The van der Waals surface area contributed by atoms with E-state index in [4.69, 9.17) is 0 Å². The topological polar surface area (TPSA) is 34.1 Å². The zero-order chi connectivity index (χ0) is 16.8. The summed E-state index contributed by atoms with van der Waals surface area (Å²) in [6.45, 7) is 0. The van der Waals surface area contributed by atoms with Gasteiger partial charge >= 0.3 is 0 Å². The minimum absolute atomic E-state index is 0.0334. The number of hydrogen-bond acceptors (Lipinski definition) is 6. The molecule has 0 atom stereocenters. The summed E-state index contributed by atoms with van der Waals surface area (Å²) in [5.74, 6) is 1.36. The molecule has 0 amide bonds. The van der Waals surface area contributed by atoms with E-state index in [1.54, 1.807) is 46.9 Å². The molecule has 2 aromatic heterocycles. The van der Waals surface area contributed by atoms with Crippen molar-refractivity contribution in [2.75, 3.05) is 0 Å². The molecule has 0 saturated heterocycles. The van der Waals surface area contributed by atoms with E-state index in [0.717, 1.165) is 11.1 Å². The van der Waals surface area contributed by atoms with E-state index in [9.17, 15) is 9.59 Å². The number of rotatable bonds is 6. The van der Waals surface area contributed by atoms with Gasteiger partial charge in [-0.15, -0.1) is 0 Å². The SMILES string of the molecule is O=C(SCc1ccsc1)c1ccc(C(=O)SCc2ccsc2)cc1. The minimum atomic E-state index is 0.0334. The van der Waals surface area contributed by atoms with Crippen molar-refractivity contribution < 1.29 is 9.59 Å². The Morgan fingerprint density at radius 2 is 1.12 bits per heavy atom. The number of benzene rings is 1. The third-order valence-electron chi connectivity index (χ3n) is 3.26. The third kappa shape index (κ3) is 4.83. The van der Waals surface area contributed by atoms with Gasteiger partial charge in [-0.3, -0.25) is 9.59 Å². The second-order valence-electron chi connectivity index (χ2n) is 4.99. The highest BCUT2D eigenvalue weighted by molar-refractivity contribution is 8.13. The molecule has 122 valence electrons. The summed E-state index contributed by atoms with van der Waals surface area (Å²) in [6, 6.07) is 11.0. The van der Waals surface area contributed by atoms with Gasteiger partial charge in [0.05, 0.1) is 0 Å². The van der Waals surface area contributed by atoms with Crippen LogP contribution in [0.25, 0.3) is 0 Å². The highest BCUT2D eigenvalue weighted by atomic mass is 32.2. The lowest BCUT2D eigenvalue weighted by molar-refractivity contribution is 0.107. The van der Waals surface area contributed by atoms with Gasteiger partial charge in [-0.2, -0.15) is 22.7 Å². The van der Waals surface area contributed by atoms with Crippen molar-refractivity contribution in [3.63, 3.8) is 0 Å². The van der Waals surface area contributed by atoms with Crippen LogP contribution in [0.2, 0.25) is 0 Å². The van der Waals surface area contributed by atoms with Gasteiger partial charge in [0, 0.05) is 22.6 Å². The minimum Gasteiger partial charge on any atom is -0.282 e. The Hall–Kier alpha value is -1.34. The van der Waals surface area contributed by atoms with E-state index in [1.165, 1.54) is 23.5 Å². The Labute approximate surface area is 157 Å². The summed E-state index contributed by atoms with van der Waals surface area (Å²) < 4.78 is 0. The third-order valence-corrected chi connectivity index (χ3v) is 6.67. The van der Waals surface area contributed by atoms with Gasteiger partial charge in [0.1, 0.15) is 0 Å². The summed E-state index contributed by atoms with van der Waals surface area (Å²) in [6.07, 6.45) is 0. The van der Waals surface area contributed by atoms with Crippen LogP contribution in [0, 0.1) is 0 Å². The second-order valence-corrected chi connectivity index (χ2v) is 8.45. The number of carbonyl (C=O) groups excluding carboxylic acids is 2. The Morgan fingerprint density at radius 3 is 1.46 bits per heavy atom. The molecule has 6 heteroatoms. The van der Waals surface area contributed by atoms with E-state index in [-0.39, 0.29) is 10.2 Å². The van der Waals surface area contributed by atoms with Crippen LogP contribution in [0.1, 0.15) is 31.8 Å². The van der Waals surface area contributed by atoms with Gasteiger partial charge in [-0.05, 0) is 69.0 Å². The predicted octanol–water partition coefficient (Wildman–Crippen LogP) is 5.96. The van der Waals surface area contributed by atoms with Crippen molar-refractivity contribution in [3.8, 4) is 0 Å². The first-order chi connectivity index (χ1) is 11.7. The lowest BCUT2D eigenvalue weighted by atomic mass is 10.2. The normalized spacial score (nSPS) is 10.7. The maximum atomic E-state index is 12.2. The lowest BCUT2D eigenvalue weighted by Crippen LogP contribution is -1.98. The van der Waals surface area contributed by atoms with E-state index in [0.29, 0.717) is 22.6 Å². The van der Waals surface area contributed by atoms with Crippen LogP contribution in [0.15, 0.2) is 57.9 Å². The smallest absolute Gasteiger partial charge is 0.219 e. The van der Waals surface area contributed by atoms with E-state index < -0.39 is 0 Å².